The van der Waals surface area contributed by atoms with Gasteiger partial charge in [-0.2, -0.15) is 5.06 Å². The Bertz CT molecular complexity index is 2400. The predicted molar refractivity (Wildman–Crippen MR) is 257 cm³/mol. The molecule has 2 aromatic carbocycles. The summed E-state index contributed by atoms with van der Waals surface area (Å²) >= 11 is 0. The number of piperazine rings is 1. The average molecular weight is 874 g/mol. The number of aryl methyl sites for hydroxylation is 1. The van der Waals surface area contributed by atoms with Crippen molar-refractivity contribution >= 4 is 28.5 Å². The first-order valence-electron chi connectivity index (χ1n) is 24.2. The molecule has 0 radical (unpaired) electrons. The number of hydrogen-bond donors (Lipinski definition) is 1. The fourth-order valence-corrected chi connectivity index (χ4v) is 10.4. The van der Waals surface area contributed by atoms with Crippen LogP contribution < -0.4 is 14.8 Å². The molecule has 12 heteroatoms. The first-order chi connectivity index (χ1) is 30.8. The van der Waals surface area contributed by atoms with Gasteiger partial charge in [0.05, 0.1) is 17.8 Å². The lowest BCUT2D eigenvalue weighted by Gasteiger charge is -2.51. The van der Waals surface area contributed by atoms with E-state index in [1.165, 1.54) is 5.06 Å². The lowest BCUT2D eigenvalue weighted by molar-refractivity contribution is -0.249. The van der Waals surface area contributed by atoms with Gasteiger partial charge in [-0.3, -0.25) is 9.59 Å². The maximum atomic E-state index is 14.5. The Morgan fingerprint density at radius 1 is 0.797 bits per heavy atom. The topological polar surface area (TPSA) is 114 Å². The Morgan fingerprint density at radius 3 is 2.14 bits per heavy atom. The van der Waals surface area contributed by atoms with Crippen LogP contribution in [0.5, 0.6) is 0 Å². The van der Waals surface area contributed by atoms with Gasteiger partial charge in [0.1, 0.15) is 24.4 Å². The summed E-state index contributed by atoms with van der Waals surface area (Å²) in [5.74, 6) is 0.970. The molecule has 344 valence electrons. The third-order valence-electron chi connectivity index (χ3n) is 13.9. The van der Waals surface area contributed by atoms with Crippen molar-refractivity contribution < 1.29 is 19.2 Å². The van der Waals surface area contributed by atoms with Gasteiger partial charge in [0.2, 0.25) is 11.3 Å². The lowest BCUT2D eigenvalue weighted by atomic mass is 9.79. The molecule has 4 heterocycles. The van der Waals surface area contributed by atoms with E-state index in [1.54, 1.807) is 0 Å². The Morgan fingerprint density at radius 2 is 1.45 bits per heavy atom. The van der Waals surface area contributed by atoms with Crippen LogP contribution in [-0.2, 0) is 11.2 Å². The summed E-state index contributed by atoms with van der Waals surface area (Å²) in [6.07, 6.45) is 11.6. The van der Waals surface area contributed by atoms with E-state index in [9.17, 15) is 14.8 Å². The van der Waals surface area contributed by atoms with E-state index < -0.39 is 0 Å². The molecule has 2 amide bonds. The number of unbranched alkanes of at least 4 members (excludes halogenated alkanes) is 5. The molecule has 0 saturated carbocycles. The van der Waals surface area contributed by atoms with Crippen molar-refractivity contribution in [2.45, 2.75) is 137 Å². The second-order valence-electron chi connectivity index (χ2n) is 19.2. The van der Waals surface area contributed by atoms with Gasteiger partial charge in [-0.15, -0.1) is 5.10 Å². The van der Waals surface area contributed by atoms with Gasteiger partial charge < -0.3 is 24.3 Å². The van der Waals surface area contributed by atoms with E-state index in [-0.39, 0.29) is 28.9 Å². The summed E-state index contributed by atoms with van der Waals surface area (Å²) in [5, 5.41) is 23.2. The van der Waals surface area contributed by atoms with Gasteiger partial charge in [0.15, 0.2) is 0 Å². The summed E-state index contributed by atoms with van der Waals surface area (Å²) in [5.41, 5.74) is 5.81. The Kier molecular flexibility index (Phi) is 15.0. The van der Waals surface area contributed by atoms with Gasteiger partial charge in [-0.1, -0.05) is 49.1 Å². The molecule has 0 spiro atoms. The third-order valence-corrected chi connectivity index (χ3v) is 13.9. The molecule has 7 rings (SSSR count). The first-order valence-corrected chi connectivity index (χ1v) is 24.2. The third kappa shape index (κ3) is 10.2. The van der Waals surface area contributed by atoms with E-state index in [2.05, 4.69) is 124 Å². The number of nitrogens with zero attached hydrogens (tertiary/aromatic N) is 8. The van der Waals surface area contributed by atoms with Crippen LogP contribution in [0.1, 0.15) is 135 Å². The monoisotopic (exact) mass is 874 g/mol. The number of carbonyl (C=O) groups excluding carboxylic acids is 2. The zero-order chi connectivity index (χ0) is 45.6. The molecule has 64 heavy (non-hydrogen) atoms. The number of anilines is 1. The van der Waals surface area contributed by atoms with E-state index in [4.69, 9.17) is 4.42 Å². The molecular weight excluding hydrogens is 801 g/mol. The molecule has 1 N–H and O–H groups in total. The van der Waals surface area contributed by atoms with Crippen LogP contribution in [0, 0.1) is 0 Å². The van der Waals surface area contributed by atoms with Crippen LogP contribution in [0.3, 0.4) is 0 Å². The van der Waals surface area contributed by atoms with E-state index in [0.29, 0.717) is 38.2 Å². The van der Waals surface area contributed by atoms with Crippen LogP contribution in [0.25, 0.3) is 33.4 Å². The Balaban J connectivity index is 0.920. The lowest BCUT2D eigenvalue weighted by Crippen LogP contribution is -2.59. The number of amides is 2. The van der Waals surface area contributed by atoms with Crippen LogP contribution in [0.15, 0.2) is 71.3 Å². The second kappa shape index (κ2) is 20.4. The minimum Gasteiger partial charge on any atom is -0.456 e. The van der Waals surface area contributed by atoms with Crippen molar-refractivity contribution in [1.29, 1.82) is 0 Å². The van der Waals surface area contributed by atoms with Crippen LogP contribution in [0.4, 0.5) is 5.69 Å². The average Bonchev–Trinajstić information content (AvgIpc) is 3.78. The normalized spacial score (nSPS) is 16.8. The molecular formula is C52H73N8O4+. The number of benzene rings is 3. The molecule has 4 aliphatic rings. The Hall–Kier alpha value is -5.07. The standard InChI is InChI=1S/C52H73N8O4/c1-9-55(10-2)39-25-27-44-46(33-39)64-47-34-40(56(11-3)12-4)26-28-45(47)49(44)42-22-19-20-23-43(42)50(62)58-31-29-57(30-32-58)48(61)24-18-16-14-13-15-17-21-38-37-59(54-53-38)41-35-51(5,6)60(63)52(7,8)36-41/h19-20,22-23,25-28,33-34,37,41,63H,9-18,21,24,29-32,35-36H2,1-8H3/q+1. The first kappa shape index (κ1) is 46.9. The van der Waals surface area contributed by atoms with Crippen LogP contribution in [0.2, 0.25) is 0 Å². The fourth-order valence-electron chi connectivity index (χ4n) is 10.4. The van der Waals surface area contributed by atoms with E-state index in [0.717, 1.165) is 134 Å². The molecule has 12 nitrogen and oxygen atoms in total. The molecule has 0 atom stereocenters. The number of rotatable bonds is 17. The highest BCUT2D eigenvalue weighted by Gasteiger charge is 2.46. The molecule has 2 saturated heterocycles. The summed E-state index contributed by atoms with van der Waals surface area (Å²) in [4.78, 5) is 34.0. The highest BCUT2D eigenvalue weighted by molar-refractivity contribution is 6.09. The quantitative estimate of drug-likeness (QED) is 0.0559. The maximum Gasteiger partial charge on any atom is 0.254 e. The van der Waals surface area contributed by atoms with Crippen molar-refractivity contribution in [3.05, 3.63) is 83.5 Å². The van der Waals surface area contributed by atoms with Gasteiger partial charge in [0, 0.05) is 103 Å². The summed E-state index contributed by atoms with van der Waals surface area (Å²) in [6, 6.07) is 21.1. The van der Waals surface area contributed by atoms with Crippen molar-refractivity contribution in [3.8, 4) is 22.5 Å². The molecule has 0 bridgehead atoms. The molecule has 0 unspecified atom stereocenters. The largest absolute Gasteiger partial charge is 0.456 e. The number of aromatic nitrogens is 3. The maximum absolute atomic E-state index is 14.5. The van der Waals surface area contributed by atoms with Gasteiger partial charge in [0.25, 0.3) is 5.91 Å². The zero-order valence-electron chi connectivity index (χ0n) is 39.9. The number of hydroxylamine groups is 2. The molecule has 1 aliphatic carbocycles. The number of piperidine rings is 1. The van der Waals surface area contributed by atoms with Crippen molar-refractivity contribution in [2.24, 2.45) is 0 Å². The number of hydrogen-bond acceptors (Lipinski definition) is 8. The van der Waals surface area contributed by atoms with Crippen molar-refractivity contribution in [1.82, 2.24) is 34.4 Å². The SMILES string of the molecule is CCN(CC)c1ccc2c(-c3ccccc3C(=O)N3CCN(C(=O)CCCCCCCCc4cn(C5CC(C)(C)N(O)C(C)(C)C5)nn4)CC3)c3ccc(=[N+](CC)CC)cc-3oc2c1. The van der Waals surface area contributed by atoms with E-state index >= 15 is 0 Å². The second-order valence-corrected chi connectivity index (χ2v) is 19.2. The Labute approximate surface area is 380 Å². The van der Waals surface area contributed by atoms with E-state index in [1.807, 2.05) is 32.7 Å². The van der Waals surface area contributed by atoms with Gasteiger partial charge >= 0.3 is 0 Å². The molecule has 3 aliphatic heterocycles. The van der Waals surface area contributed by atoms with Gasteiger partial charge in [-0.25, -0.2) is 9.26 Å². The van der Waals surface area contributed by atoms with Crippen LogP contribution >= 0.6 is 0 Å². The zero-order valence-corrected chi connectivity index (χ0v) is 39.9. The molecule has 1 aromatic heterocycles. The summed E-state index contributed by atoms with van der Waals surface area (Å²) in [7, 11) is 0. The molecule has 3 aromatic rings. The fraction of sp³-hybridized carbons (Fsp3) is 0.558. The predicted octanol–water partition coefficient (Wildman–Crippen LogP) is 9.30. The highest BCUT2D eigenvalue weighted by atomic mass is 16.5. The van der Waals surface area contributed by atoms with Gasteiger partial charge in [-0.05, 0) is 117 Å². The number of carbonyl (C=O) groups is 2. The summed E-state index contributed by atoms with van der Waals surface area (Å²) < 4.78 is 11.1. The summed E-state index contributed by atoms with van der Waals surface area (Å²) in [6.45, 7) is 22.7. The van der Waals surface area contributed by atoms with Crippen LogP contribution in [-0.4, -0.2) is 110 Å². The smallest absolute Gasteiger partial charge is 0.254 e. The minimum absolute atomic E-state index is 0.00894. The van der Waals surface area contributed by atoms with Crippen molar-refractivity contribution in [3.63, 3.8) is 0 Å². The molecule has 2 fully saturated rings. The highest BCUT2D eigenvalue weighted by Crippen LogP contribution is 2.43. The van der Waals surface area contributed by atoms with Crippen molar-refractivity contribution in [2.75, 3.05) is 57.3 Å². The minimum atomic E-state index is -0.325. The number of fused-ring (bicyclic) bond motifs is 2.